The number of benzene rings is 2. The molecule has 2 fully saturated rings. The van der Waals surface area contributed by atoms with E-state index in [9.17, 15) is 19.2 Å². The molecule has 2 atom stereocenters. The van der Waals surface area contributed by atoms with Gasteiger partial charge < -0.3 is 18.9 Å². The SMILES string of the molecule is CCCC(CCOC(=O)c1c(Cl)c(Cl)cc(Cl)c1OC(=O)C(=O)Oc1c(Cl)cc(Cl)c(Cl)c1C(=O)OCCC(CCC)C1CC1)C1CC1. The maximum absolute atomic E-state index is 13.2. The standard InChI is InChI=1S/C34H36Cl6O8/c1-3-5-17(19-7-8-19)11-13-45-31(41)25-27(39)21(35)15-23(37)29(25)47-33(43)34(44)48-30-24(38)16-22(36)28(40)26(30)32(42)46-14-12-18(6-4-2)20-9-10-20/h15-20H,3-14H2,1-2H3. The lowest BCUT2D eigenvalue weighted by Gasteiger charge is -2.17. The molecular weight excluding hydrogens is 749 g/mol. The van der Waals surface area contributed by atoms with Crippen LogP contribution >= 0.6 is 69.6 Å². The molecule has 2 aliphatic rings. The van der Waals surface area contributed by atoms with E-state index in [0.717, 1.165) is 63.5 Å². The Kier molecular flexibility index (Phi) is 14.4. The molecule has 14 heteroatoms. The predicted octanol–water partition coefficient (Wildman–Crippen LogP) is 10.9. The third-order valence-corrected chi connectivity index (χ3v) is 10.7. The van der Waals surface area contributed by atoms with Gasteiger partial charge in [0, 0.05) is 0 Å². The van der Waals surface area contributed by atoms with Crippen LogP contribution in [0.25, 0.3) is 0 Å². The normalized spacial score (nSPS) is 15.4. The van der Waals surface area contributed by atoms with Gasteiger partial charge in [-0.2, -0.15) is 0 Å². The molecule has 4 rings (SSSR count). The molecule has 0 heterocycles. The first-order chi connectivity index (χ1) is 22.9. The average Bonchev–Trinajstić information content (AvgIpc) is 3.96. The zero-order chi connectivity index (χ0) is 35.1. The lowest BCUT2D eigenvalue weighted by molar-refractivity contribution is -0.156. The number of hydrogen-bond donors (Lipinski definition) is 0. The summed E-state index contributed by atoms with van der Waals surface area (Å²) in [6.45, 7) is 4.37. The molecule has 2 aromatic carbocycles. The topological polar surface area (TPSA) is 105 Å². The van der Waals surface area contributed by atoms with Crippen LogP contribution in [0.4, 0.5) is 0 Å². The number of carbonyl (C=O) groups is 4. The first kappa shape index (κ1) is 38.9. The van der Waals surface area contributed by atoms with Crippen LogP contribution in [0.1, 0.15) is 98.8 Å². The molecule has 0 N–H and O–H groups in total. The quantitative estimate of drug-likeness (QED) is 0.0717. The van der Waals surface area contributed by atoms with Gasteiger partial charge in [-0.1, -0.05) is 109 Å². The monoisotopic (exact) mass is 782 g/mol. The van der Waals surface area contributed by atoms with Crippen molar-refractivity contribution in [3.8, 4) is 11.5 Å². The van der Waals surface area contributed by atoms with E-state index in [1.165, 1.54) is 0 Å². The Morgan fingerprint density at radius 3 is 1.27 bits per heavy atom. The second-order valence-electron chi connectivity index (χ2n) is 12.1. The van der Waals surface area contributed by atoms with Gasteiger partial charge in [0.15, 0.2) is 11.5 Å². The lowest BCUT2D eigenvalue weighted by atomic mass is 9.95. The molecule has 2 saturated carbocycles. The largest absolute Gasteiger partial charge is 0.462 e. The lowest BCUT2D eigenvalue weighted by Crippen LogP contribution is -2.27. The molecule has 0 spiro atoms. The summed E-state index contributed by atoms with van der Waals surface area (Å²) in [5.74, 6) is -4.22. The molecule has 0 bridgehead atoms. The summed E-state index contributed by atoms with van der Waals surface area (Å²) < 4.78 is 21.4. The minimum absolute atomic E-state index is 0.0877. The zero-order valence-electron chi connectivity index (χ0n) is 26.5. The Morgan fingerprint density at radius 1 is 0.604 bits per heavy atom. The molecule has 262 valence electrons. The van der Waals surface area contributed by atoms with E-state index >= 15 is 0 Å². The Bertz CT molecular complexity index is 1420. The highest BCUT2D eigenvalue weighted by atomic mass is 35.5. The molecule has 2 aromatic rings. The smallest absolute Gasteiger partial charge is 0.423 e. The highest BCUT2D eigenvalue weighted by molar-refractivity contribution is 6.47. The number of ether oxygens (including phenoxy) is 4. The third-order valence-electron chi connectivity index (χ3n) is 8.56. The predicted molar refractivity (Wildman–Crippen MR) is 186 cm³/mol. The van der Waals surface area contributed by atoms with Crippen LogP contribution in [0.15, 0.2) is 12.1 Å². The van der Waals surface area contributed by atoms with Crippen molar-refractivity contribution in [2.75, 3.05) is 13.2 Å². The Hall–Kier alpha value is -1.94. The number of carbonyl (C=O) groups excluding carboxylic acids is 4. The fourth-order valence-electron chi connectivity index (χ4n) is 5.85. The molecule has 48 heavy (non-hydrogen) atoms. The molecule has 0 radical (unpaired) electrons. The van der Waals surface area contributed by atoms with Crippen molar-refractivity contribution < 1.29 is 38.1 Å². The maximum atomic E-state index is 13.2. The van der Waals surface area contributed by atoms with Gasteiger partial charge in [-0.25, -0.2) is 19.2 Å². The van der Waals surface area contributed by atoms with Crippen LogP contribution in [0.5, 0.6) is 11.5 Å². The van der Waals surface area contributed by atoms with Crippen molar-refractivity contribution >= 4 is 93.5 Å². The summed E-state index contributed by atoms with van der Waals surface area (Å²) in [7, 11) is 0. The zero-order valence-corrected chi connectivity index (χ0v) is 31.0. The number of halogens is 6. The average molecular weight is 785 g/mol. The number of esters is 4. The first-order valence-corrected chi connectivity index (χ1v) is 18.3. The van der Waals surface area contributed by atoms with Gasteiger partial charge in [0.25, 0.3) is 0 Å². The van der Waals surface area contributed by atoms with Crippen molar-refractivity contribution in [2.24, 2.45) is 23.7 Å². The van der Waals surface area contributed by atoms with E-state index in [4.69, 9.17) is 88.6 Å². The van der Waals surface area contributed by atoms with Gasteiger partial charge in [-0.15, -0.1) is 0 Å². The van der Waals surface area contributed by atoms with Crippen LogP contribution < -0.4 is 9.47 Å². The van der Waals surface area contributed by atoms with Gasteiger partial charge in [0.1, 0.15) is 11.1 Å². The van der Waals surface area contributed by atoms with Gasteiger partial charge in [0.05, 0.1) is 43.3 Å². The fourth-order valence-corrected chi connectivity index (χ4v) is 7.29. The Balaban J connectivity index is 1.48. The summed E-state index contributed by atoms with van der Waals surface area (Å²) in [5.41, 5.74) is -0.892. The molecule has 0 aliphatic heterocycles. The molecular formula is C34H36Cl6O8. The van der Waals surface area contributed by atoms with E-state index in [1.54, 1.807) is 0 Å². The van der Waals surface area contributed by atoms with Crippen LogP contribution in [-0.2, 0) is 19.1 Å². The van der Waals surface area contributed by atoms with Gasteiger partial charge in [-0.3, -0.25) is 0 Å². The van der Waals surface area contributed by atoms with Crippen LogP contribution in [-0.4, -0.2) is 37.1 Å². The molecule has 8 nitrogen and oxygen atoms in total. The maximum Gasteiger partial charge on any atom is 0.423 e. The number of rotatable bonds is 16. The first-order valence-electron chi connectivity index (χ1n) is 16.0. The van der Waals surface area contributed by atoms with Crippen LogP contribution in [0.2, 0.25) is 30.1 Å². The van der Waals surface area contributed by atoms with E-state index in [2.05, 4.69) is 13.8 Å². The Morgan fingerprint density at radius 2 is 0.958 bits per heavy atom. The van der Waals surface area contributed by atoms with E-state index < -0.39 is 46.5 Å². The van der Waals surface area contributed by atoms with Gasteiger partial charge in [-0.05, 0) is 74.3 Å². The molecule has 0 aromatic heterocycles. The molecule has 0 saturated heterocycles. The van der Waals surface area contributed by atoms with Gasteiger partial charge >= 0.3 is 23.9 Å². The van der Waals surface area contributed by atoms with Crippen LogP contribution in [0.3, 0.4) is 0 Å². The van der Waals surface area contributed by atoms with Gasteiger partial charge in [0.2, 0.25) is 0 Å². The van der Waals surface area contributed by atoms with Crippen molar-refractivity contribution in [2.45, 2.75) is 78.1 Å². The molecule has 2 unspecified atom stereocenters. The van der Waals surface area contributed by atoms with E-state index in [0.29, 0.717) is 36.5 Å². The van der Waals surface area contributed by atoms with Crippen molar-refractivity contribution in [3.05, 3.63) is 53.4 Å². The summed E-state index contributed by atoms with van der Waals surface area (Å²) in [4.78, 5) is 52.4. The van der Waals surface area contributed by atoms with Crippen molar-refractivity contribution in [3.63, 3.8) is 0 Å². The summed E-state index contributed by atoms with van der Waals surface area (Å²) in [6.07, 6.45) is 9.95. The second kappa shape index (κ2) is 17.8. The summed E-state index contributed by atoms with van der Waals surface area (Å²) in [6, 6.07) is 2.28. The highest BCUT2D eigenvalue weighted by Gasteiger charge is 2.34. The second-order valence-corrected chi connectivity index (χ2v) is 14.5. The molecule has 2 aliphatic carbocycles. The van der Waals surface area contributed by atoms with Crippen LogP contribution in [0, 0.1) is 23.7 Å². The van der Waals surface area contributed by atoms with E-state index in [-0.39, 0.29) is 43.3 Å². The number of hydrogen-bond acceptors (Lipinski definition) is 8. The fraction of sp³-hybridized carbons (Fsp3) is 0.529. The van der Waals surface area contributed by atoms with Crippen molar-refractivity contribution in [1.82, 2.24) is 0 Å². The van der Waals surface area contributed by atoms with E-state index in [1.807, 2.05) is 0 Å². The minimum Gasteiger partial charge on any atom is -0.462 e. The van der Waals surface area contributed by atoms with Crippen molar-refractivity contribution in [1.29, 1.82) is 0 Å². The summed E-state index contributed by atoms with van der Waals surface area (Å²) >= 11 is 37.5. The summed E-state index contributed by atoms with van der Waals surface area (Å²) in [5, 5.41) is -1.42. The highest BCUT2D eigenvalue weighted by Crippen LogP contribution is 2.44. The Labute approximate surface area is 309 Å². The molecule has 0 amide bonds. The third kappa shape index (κ3) is 10.1. The minimum atomic E-state index is -1.63.